The van der Waals surface area contributed by atoms with Crippen molar-refractivity contribution >= 4 is 40.5 Å². The largest absolute Gasteiger partial charge is 0.478 e. The predicted molar refractivity (Wildman–Crippen MR) is 127 cm³/mol. The molecule has 0 bridgehead atoms. The molecule has 32 heavy (non-hydrogen) atoms. The minimum absolute atomic E-state index is 0.147. The molecule has 0 radical (unpaired) electrons. The molecule has 0 fully saturated rings. The van der Waals surface area contributed by atoms with Gasteiger partial charge in [-0.15, -0.1) is 0 Å². The molecule has 3 rings (SSSR count). The number of carboxylic acids is 1. The second-order valence-electron chi connectivity index (χ2n) is 7.28. The summed E-state index contributed by atoms with van der Waals surface area (Å²) in [6.07, 6.45) is 1.61. The van der Waals surface area contributed by atoms with Gasteiger partial charge in [0.15, 0.2) is 0 Å². The normalized spacial score (nSPS) is 10.1. The first-order chi connectivity index (χ1) is 15.3. The van der Waals surface area contributed by atoms with Crippen LogP contribution in [-0.2, 0) is 16.0 Å². The van der Waals surface area contributed by atoms with Crippen LogP contribution >= 0.6 is 0 Å². The van der Waals surface area contributed by atoms with Crippen LogP contribution in [0.2, 0.25) is 0 Å². The van der Waals surface area contributed by atoms with Crippen molar-refractivity contribution < 1.29 is 24.2 Å². The number of aryl methyl sites for hydroxylation is 1. The van der Waals surface area contributed by atoms with E-state index in [2.05, 4.69) is 16.7 Å². The fourth-order valence-corrected chi connectivity index (χ4v) is 3.00. The van der Waals surface area contributed by atoms with Crippen LogP contribution in [0.4, 0.5) is 16.2 Å². The molecular formula is C25H28N2O5. The zero-order valence-electron chi connectivity index (χ0n) is 18.4. The van der Waals surface area contributed by atoms with Crippen molar-refractivity contribution in [3.8, 4) is 0 Å². The monoisotopic (exact) mass is 436 g/mol. The molecule has 3 aromatic carbocycles. The number of para-hydroxylation sites is 1. The molecule has 0 unspecified atom stereocenters. The molecule has 0 spiro atoms. The molecule has 0 aliphatic carbocycles. The van der Waals surface area contributed by atoms with E-state index in [1.165, 1.54) is 0 Å². The van der Waals surface area contributed by atoms with Gasteiger partial charge in [-0.1, -0.05) is 36.4 Å². The summed E-state index contributed by atoms with van der Waals surface area (Å²) >= 11 is 0. The molecular weight excluding hydrogens is 408 g/mol. The molecule has 1 amide bonds. The second kappa shape index (κ2) is 12.1. The molecule has 168 valence electrons. The number of aldehydes is 1. The SMILES string of the molecule is CC(C)OC(=O)Nc1ccc2cc(CCC=O)ccc2c1.CNc1ccccc1C(=O)O. The number of aromatic carboxylic acids is 1. The van der Waals surface area contributed by atoms with Crippen molar-refractivity contribution in [3.05, 3.63) is 71.8 Å². The van der Waals surface area contributed by atoms with Crippen molar-refractivity contribution in [2.45, 2.75) is 32.8 Å². The summed E-state index contributed by atoms with van der Waals surface area (Å²) < 4.78 is 5.05. The molecule has 0 aromatic heterocycles. The number of anilines is 2. The van der Waals surface area contributed by atoms with Crippen LogP contribution < -0.4 is 10.6 Å². The van der Waals surface area contributed by atoms with E-state index in [4.69, 9.17) is 9.84 Å². The summed E-state index contributed by atoms with van der Waals surface area (Å²) in [5.74, 6) is -0.907. The van der Waals surface area contributed by atoms with Crippen LogP contribution in [0.5, 0.6) is 0 Å². The second-order valence-corrected chi connectivity index (χ2v) is 7.28. The zero-order valence-corrected chi connectivity index (χ0v) is 18.4. The van der Waals surface area contributed by atoms with Gasteiger partial charge in [-0.25, -0.2) is 9.59 Å². The van der Waals surface area contributed by atoms with E-state index in [9.17, 15) is 14.4 Å². The number of benzene rings is 3. The molecule has 0 aliphatic heterocycles. The van der Waals surface area contributed by atoms with E-state index < -0.39 is 12.1 Å². The van der Waals surface area contributed by atoms with E-state index in [-0.39, 0.29) is 6.10 Å². The Balaban J connectivity index is 0.000000278. The molecule has 3 aromatic rings. The van der Waals surface area contributed by atoms with Gasteiger partial charge in [0.1, 0.15) is 6.29 Å². The number of carbonyl (C=O) groups is 3. The molecule has 7 nitrogen and oxygen atoms in total. The maximum Gasteiger partial charge on any atom is 0.411 e. The molecule has 0 heterocycles. The summed E-state index contributed by atoms with van der Waals surface area (Å²) in [5.41, 5.74) is 2.78. The minimum Gasteiger partial charge on any atom is -0.478 e. The van der Waals surface area contributed by atoms with E-state index in [0.29, 0.717) is 23.4 Å². The number of amides is 1. The Bertz CT molecular complexity index is 1080. The highest BCUT2D eigenvalue weighted by Gasteiger charge is 2.07. The molecule has 0 aliphatic rings. The Labute approximate surface area is 187 Å². The van der Waals surface area contributed by atoms with Crippen LogP contribution in [-0.4, -0.2) is 36.6 Å². The first-order valence-corrected chi connectivity index (χ1v) is 10.3. The molecule has 0 saturated carbocycles. The molecule has 7 heteroatoms. The summed E-state index contributed by atoms with van der Waals surface area (Å²) in [7, 11) is 1.70. The topological polar surface area (TPSA) is 105 Å². The van der Waals surface area contributed by atoms with Gasteiger partial charge in [0.05, 0.1) is 11.7 Å². The summed E-state index contributed by atoms with van der Waals surface area (Å²) in [5, 5.41) is 16.3. The number of fused-ring (bicyclic) bond motifs is 1. The lowest BCUT2D eigenvalue weighted by molar-refractivity contribution is -0.107. The molecule has 0 atom stereocenters. The maximum absolute atomic E-state index is 11.6. The lowest BCUT2D eigenvalue weighted by atomic mass is 10.0. The summed E-state index contributed by atoms with van der Waals surface area (Å²) in [4.78, 5) is 32.5. The minimum atomic E-state index is -0.907. The highest BCUT2D eigenvalue weighted by atomic mass is 16.6. The number of carboxylic acid groups (broad SMARTS) is 1. The van der Waals surface area contributed by atoms with Crippen LogP contribution in [0.25, 0.3) is 10.8 Å². The van der Waals surface area contributed by atoms with Crippen LogP contribution in [0.15, 0.2) is 60.7 Å². The van der Waals surface area contributed by atoms with E-state index in [1.807, 2.05) is 30.3 Å². The van der Waals surface area contributed by atoms with Crippen molar-refractivity contribution in [1.29, 1.82) is 0 Å². The van der Waals surface area contributed by atoms with Gasteiger partial charge >= 0.3 is 12.1 Å². The summed E-state index contributed by atoms with van der Waals surface area (Å²) in [6.45, 7) is 3.61. The highest BCUT2D eigenvalue weighted by Crippen LogP contribution is 2.21. The average molecular weight is 437 g/mol. The van der Waals surface area contributed by atoms with Gasteiger partial charge < -0.3 is 20.0 Å². The average Bonchev–Trinajstić information content (AvgIpc) is 2.77. The molecule has 3 N–H and O–H groups in total. The van der Waals surface area contributed by atoms with Gasteiger partial charge in [0.25, 0.3) is 0 Å². The highest BCUT2D eigenvalue weighted by molar-refractivity contribution is 5.94. The third-order valence-electron chi connectivity index (χ3n) is 4.47. The Morgan fingerprint density at radius 3 is 2.34 bits per heavy atom. The number of rotatable bonds is 7. The number of ether oxygens (including phenoxy) is 1. The van der Waals surface area contributed by atoms with E-state index in [0.717, 1.165) is 29.0 Å². The van der Waals surface area contributed by atoms with E-state index >= 15 is 0 Å². The number of hydrogen-bond acceptors (Lipinski definition) is 5. The first-order valence-electron chi connectivity index (χ1n) is 10.3. The van der Waals surface area contributed by atoms with Crippen molar-refractivity contribution in [3.63, 3.8) is 0 Å². The van der Waals surface area contributed by atoms with Crippen molar-refractivity contribution in [1.82, 2.24) is 0 Å². The van der Waals surface area contributed by atoms with Crippen LogP contribution in [0, 0.1) is 0 Å². The van der Waals surface area contributed by atoms with Gasteiger partial charge in [-0.3, -0.25) is 5.32 Å². The van der Waals surface area contributed by atoms with Gasteiger partial charge in [0.2, 0.25) is 0 Å². The Hall–Kier alpha value is -3.87. The number of carbonyl (C=O) groups excluding carboxylic acids is 2. The van der Waals surface area contributed by atoms with Gasteiger partial charge in [-0.2, -0.15) is 0 Å². The molecule has 0 saturated heterocycles. The lowest BCUT2D eigenvalue weighted by Crippen LogP contribution is -2.17. The Kier molecular flexibility index (Phi) is 9.22. The Morgan fingerprint density at radius 1 is 1.03 bits per heavy atom. The lowest BCUT2D eigenvalue weighted by Gasteiger charge is -2.10. The smallest absolute Gasteiger partial charge is 0.411 e. The van der Waals surface area contributed by atoms with Gasteiger partial charge in [0, 0.05) is 24.8 Å². The number of nitrogens with one attached hydrogen (secondary N) is 2. The fraction of sp³-hybridized carbons (Fsp3) is 0.240. The Morgan fingerprint density at radius 2 is 1.72 bits per heavy atom. The zero-order chi connectivity index (χ0) is 23.5. The van der Waals surface area contributed by atoms with Crippen LogP contribution in [0.3, 0.4) is 0 Å². The maximum atomic E-state index is 11.6. The third kappa shape index (κ3) is 7.43. The quantitative estimate of drug-likeness (QED) is 0.431. The van der Waals surface area contributed by atoms with Crippen molar-refractivity contribution in [2.75, 3.05) is 17.7 Å². The standard InChI is InChI=1S/C17H19NO3.C8H9NO2/c1-12(2)21-17(20)18-16-8-7-14-10-13(4-3-9-19)5-6-15(14)11-16;1-9-7-5-3-2-4-6(7)8(10)11/h5-12H,3-4H2,1-2H3,(H,18,20);2-5,9H,1H3,(H,10,11). The number of hydrogen-bond donors (Lipinski definition) is 3. The third-order valence-corrected chi connectivity index (χ3v) is 4.47. The van der Waals surface area contributed by atoms with Gasteiger partial charge in [-0.05, 0) is 60.9 Å². The fourth-order valence-electron chi connectivity index (χ4n) is 3.00. The van der Waals surface area contributed by atoms with E-state index in [1.54, 1.807) is 45.2 Å². The summed E-state index contributed by atoms with van der Waals surface area (Å²) in [6, 6.07) is 18.5. The van der Waals surface area contributed by atoms with Crippen LogP contribution in [0.1, 0.15) is 36.2 Å². The predicted octanol–water partition coefficient (Wildman–Crippen LogP) is 5.35. The first kappa shape index (κ1) is 24.4. The van der Waals surface area contributed by atoms with Crippen molar-refractivity contribution in [2.24, 2.45) is 0 Å².